The van der Waals surface area contributed by atoms with Gasteiger partial charge in [0.25, 0.3) is 0 Å². The van der Waals surface area contributed by atoms with Crippen molar-refractivity contribution in [3.63, 3.8) is 0 Å². The third-order valence-corrected chi connectivity index (χ3v) is 6.56. The van der Waals surface area contributed by atoms with Crippen LogP contribution in [0.2, 0.25) is 0 Å². The van der Waals surface area contributed by atoms with E-state index in [0.717, 1.165) is 27.1 Å². The average Bonchev–Trinajstić information content (AvgIpc) is 3.41. The molecule has 0 N–H and O–H groups in total. The normalized spacial score (nSPS) is 10.9. The first-order chi connectivity index (χ1) is 14.6. The van der Waals surface area contributed by atoms with Crippen molar-refractivity contribution in [1.82, 2.24) is 19.7 Å². The van der Waals surface area contributed by atoms with Crippen LogP contribution in [0.25, 0.3) is 16.3 Å². The number of nitrogens with zero attached hydrogens (tertiary/aromatic N) is 4. The summed E-state index contributed by atoms with van der Waals surface area (Å²) < 4.78 is 13.0. The Kier molecular flexibility index (Phi) is 6.06. The molecule has 0 atom stereocenters. The number of para-hydroxylation sites is 1. The minimum Gasteiger partial charge on any atom is -0.493 e. The molecule has 0 saturated carbocycles. The fraction of sp³-hybridized carbons (Fsp3) is 0.227. The molecule has 4 aromatic rings. The van der Waals surface area contributed by atoms with Crippen molar-refractivity contribution in [3.05, 3.63) is 64.9 Å². The number of ether oxygens (including phenoxy) is 2. The van der Waals surface area contributed by atoms with Crippen molar-refractivity contribution in [2.45, 2.75) is 24.8 Å². The molecule has 2 heterocycles. The second-order valence-electron chi connectivity index (χ2n) is 6.75. The Labute approximate surface area is 183 Å². The Balaban J connectivity index is 1.54. The van der Waals surface area contributed by atoms with E-state index >= 15 is 0 Å². The topological polar surface area (TPSA) is 62.1 Å². The highest BCUT2D eigenvalue weighted by Crippen LogP contribution is 2.39. The van der Waals surface area contributed by atoms with E-state index in [4.69, 9.17) is 14.5 Å². The molecule has 0 amide bonds. The molecule has 4 rings (SSSR count). The summed E-state index contributed by atoms with van der Waals surface area (Å²) in [5.74, 6) is 2.10. The lowest BCUT2D eigenvalue weighted by molar-refractivity contribution is 0.356. The first kappa shape index (κ1) is 20.4. The molecule has 6 nitrogen and oxygen atoms in total. The van der Waals surface area contributed by atoms with Crippen LogP contribution in [0.5, 0.6) is 11.5 Å². The molecule has 0 bridgehead atoms. The van der Waals surface area contributed by atoms with Gasteiger partial charge >= 0.3 is 0 Å². The third-order valence-electron chi connectivity index (χ3n) is 4.66. The first-order valence-electron chi connectivity index (χ1n) is 9.37. The SMILES string of the molecule is COc1cccc(-c2nc(CSc3nncn3-c3ccc(C)cc3C)cs2)c1OC. The summed E-state index contributed by atoms with van der Waals surface area (Å²) in [6.07, 6.45) is 1.76. The predicted molar refractivity (Wildman–Crippen MR) is 121 cm³/mol. The highest BCUT2D eigenvalue weighted by Gasteiger charge is 2.16. The van der Waals surface area contributed by atoms with Gasteiger partial charge in [0.15, 0.2) is 16.7 Å². The number of rotatable bonds is 7. The number of hydrogen-bond acceptors (Lipinski definition) is 7. The van der Waals surface area contributed by atoms with Crippen molar-refractivity contribution in [2.24, 2.45) is 0 Å². The van der Waals surface area contributed by atoms with Crippen LogP contribution in [0, 0.1) is 13.8 Å². The van der Waals surface area contributed by atoms with Crippen LogP contribution in [0.3, 0.4) is 0 Å². The number of aryl methyl sites for hydroxylation is 2. The van der Waals surface area contributed by atoms with Crippen LogP contribution in [0.15, 0.2) is 53.3 Å². The molecule has 8 heteroatoms. The van der Waals surface area contributed by atoms with Gasteiger partial charge in [-0.2, -0.15) is 0 Å². The second-order valence-corrected chi connectivity index (χ2v) is 8.55. The maximum atomic E-state index is 5.55. The monoisotopic (exact) mass is 438 g/mol. The van der Waals surface area contributed by atoms with Crippen LogP contribution in [0.1, 0.15) is 16.8 Å². The molecule has 0 aliphatic rings. The van der Waals surface area contributed by atoms with Gasteiger partial charge in [-0.25, -0.2) is 4.98 Å². The quantitative estimate of drug-likeness (QED) is 0.364. The van der Waals surface area contributed by atoms with Crippen LogP contribution < -0.4 is 9.47 Å². The van der Waals surface area contributed by atoms with Gasteiger partial charge in [-0.15, -0.1) is 21.5 Å². The lowest BCUT2D eigenvalue weighted by Crippen LogP contribution is -1.98. The van der Waals surface area contributed by atoms with Crippen molar-refractivity contribution in [1.29, 1.82) is 0 Å². The van der Waals surface area contributed by atoms with E-state index < -0.39 is 0 Å². The standard InChI is InChI=1S/C22H22N4O2S2/c1-14-8-9-18(15(2)10-14)26-13-23-25-22(26)30-12-16-11-29-21(24-16)17-6-5-7-19(27-3)20(17)28-4/h5-11,13H,12H2,1-4H3. The minimum atomic E-state index is 0.697. The molecule has 0 aliphatic heterocycles. The van der Waals surface area contributed by atoms with E-state index in [2.05, 4.69) is 47.6 Å². The maximum absolute atomic E-state index is 5.55. The Morgan fingerprint density at radius 2 is 1.97 bits per heavy atom. The van der Waals surface area contributed by atoms with Gasteiger partial charge in [-0.1, -0.05) is 35.5 Å². The lowest BCUT2D eigenvalue weighted by Gasteiger charge is -2.10. The Morgan fingerprint density at radius 1 is 1.10 bits per heavy atom. The zero-order valence-corrected chi connectivity index (χ0v) is 18.9. The van der Waals surface area contributed by atoms with Gasteiger partial charge in [0, 0.05) is 11.1 Å². The average molecular weight is 439 g/mol. The van der Waals surface area contributed by atoms with Crippen LogP contribution >= 0.6 is 23.1 Å². The summed E-state index contributed by atoms with van der Waals surface area (Å²) in [6.45, 7) is 4.20. The van der Waals surface area contributed by atoms with Crippen molar-refractivity contribution < 1.29 is 9.47 Å². The fourth-order valence-electron chi connectivity index (χ4n) is 3.25. The fourth-order valence-corrected chi connectivity index (χ4v) is 5.02. The Morgan fingerprint density at radius 3 is 2.73 bits per heavy atom. The van der Waals surface area contributed by atoms with E-state index in [-0.39, 0.29) is 0 Å². The van der Waals surface area contributed by atoms with Gasteiger partial charge in [0.2, 0.25) is 0 Å². The Bertz CT molecular complexity index is 1170. The third kappa shape index (κ3) is 4.06. The van der Waals surface area contributed by atoms with Crippen molar-refractivity contribution in [2.75, 3.05) is 14.2 Å². The predicted octanol–water partition coefficient (Wildman–Crippen LogP) is 5.32. The van der Waals surface area contributed by atoms with Crippen LogP contribution in [0.4, 0.5) is 0 Å². The van der Waals surface area contributed by atoms with Crippen LogP contribution in [-0.4, -0.2) is 34.0 Å². The molecule has 154 valence electrons. The number of methoxy groups -OCH3 is 2. The molecule has 0 fully saturated rings. The van der Waals surface area contributed by atoms with E-state index in [1.807, 2.05) is 22.8 Å². The molecule has 0 saturated heterocycles. The number of thioether (sulfide) groups is 1. The molecule has 0 unspecified atom stereocenters. The molecule has 2 aromatic carbocycles. The summed E-state index contributed by atoms with van der Waals surface area (Å²) in [5, 5.41) is 12.2. The van der Waals surface area contributed by atoms with E-state index in [9.17, 15) is 0 Å². The summed E-state index contributed by atoms with van der Waals surface area (Å²) in [5.41, 5.74) is 5.43. The molecule has 0 radical (unpaired) electrons. The molecule has 0 spiro atoms. The van der Waals surface area contributed by atoms with Crippen molar-refractivity contribution in [3.8, 4) is 27.8 Å². The zero-order valence-electron chi connectivity index (χ0n) is 17.2. The van der Waals surface area contributed by atoms with Gasteiger partial charge in [-0.05, 0) is 37.6 Å². The first-order valence-corrected chi connectivity index (χ1v) is 11.2. The molecule has 2 aromatic heterocycles. The number of thiazole rings is 1. The molecular weight excluding hydrogens is 416 g/mol. The molecule has 30 heavy (non-hydrogen) atoms. The lowest BCUT2D eigenvalue weighted by atomic mass is 10.1. The number of benzene rings is 2. The van der Waals surface area contributed by atoms with Gasteiger partial charge in [0.1, 0.15) is 11.3 Å². The number of hydrogen-bond donors (Lipinski definition) is 0. The van der Waals surface area contributed by atoms with E-state index in [1.54, 1.807) is 43.6 Å². The second kappa shape index (κ2) is 8.89. The largest absolute Gasteiger partial charge is 0.493 e. The van der Waals surface area contributed by atoms with E-state index in [1.165, 1.54) is 11.1 Å². The minimum absolute atomic E-state index is 0.697. The van der Waals surface area contributed by atoms with Gasteiger partial charge in [0.05, 0.1) is 31.2 Å². The Hall–Kier alpha value is -2.84. The smallest absolute Gasteiger partial charge is 0.196 e. The van der Waals surface area contributed by atoms with Gasteiger partial charge < -0.3 is 9.47 Å². The van der Waals surface area contributed by atoms with Crippen molar-refractivity contribution >= 4 is 23.1 Å². The number of aromatic nitrogens is 4. The maximum Gasteiger partial charge on any atom is 0.196 e. The molecule has 0 aliphatic carbocycles. The zero-order chi connectivity index (χ0) is 21.1. The van der Waals surface area contributed by atoms with Gasteiger partial charge in [-0.3, -0.25) is 4.57 Å². The summed E-state index contributed by atoms with van der Waals surface area (Å²) in [4.78, 5) is 4.80. The molecular formula is C22H22N4O2S2. The van der Waals surface area contributed by atoms with E-state index in [0.29, 0.717) is 17.3 Å². The van der Waals surface area contributed by atoms with Crippen LogP contribution in [-0.2, 0) is 5.75 Å². The summed E-state index contributed by atoms with van der Waals surface area (Å²) in [6, 6.07) is 12.2. The highest BCUT2D eigenvalue weighted by atomic mass is 32.2. The summed E-state index contributed by atoms with van der Waals surface area (Å²) in [7, 11) is 3.28. The summed E-state index contributed by atoms with van der Waals surface area (Å²) >= 11 is 3.21. The highest BCUT2D eigenvalue weighted by molar-refractivity contribution is 7.98.